The van der Waals surface area contributed by atoms with Gasteiger partial charge in [-0.05, 0) is 34.1 Å². The Kier molecular flexibility index (Phi) is 6.54. The number of benzene rings is 1. The van der Waals surface area contributed by atoms with E-state index in [0.29, 0.717) is 12.2 Å². The van der Waals surface area contributed by atoms with Gasteiger partial charge in [0.05, 0.1) is 0 Å². The highest BCUT2D eigenvalue weighted by Crippen LogP contribution is 2.15. The van der Waals surface area contributed by atoms with Crippen molar-refractivity contribution < 1.29 is 14.3 Å². The third-order valence-corrected chi connectivity index (χ3v) is 4.11. The van der Waals surface area contributed by atoms with Gasteiger partial charge in [0, 0.05) is 27.9 Å². The van der Waals surface area contributed by atoms with Crippen LogP contribution >= 0.6 is 27.7 Å². The lowest BCUT2D eigenvalue weighted by Gasteiger charge is -2.06. The number of halogens is 1. The molecule has 1 aromatic carbocycles. The number of hydrogen-bond donors (Lipinski definition) is 2. The summed E-state index contributed by atoms with van der Waals surface area (Å²) in [5.74, 6) is -0.111. The van der Waals surface area contributed by atoms with Crippen molar-refractivity contribution in [2.75, 3.05) is 18.9 Å². The lowest BCUT2D eigenvalue weighted by molar-refractivity contribution is -0.124. The number of ether oxygens (including phenoxy) is 1. The molecular weight excluding hydrogens is 368 g/mol. The largest absolute Gasteiger partial charge is 0.451 e. The molecule has 0 unspecified atom stereocenters. The summed E-state index contributed by atoms with van der Waals surface area (Å²) in [6, 6.07) is 11.5. The Hall–Kier alpha value is -1.73. The number of nitrogens with one attached hydrogen (secondary N) is 2. The summed E-state index contributed by atoms with van der Waals surface area (Å²) in [5, 5.41) is 2.71. The Morgan fingerprint density at radius 3 is 2.73 bits per heavy atom. The lowest BCUT2D eigenvalue weighted by Crippen LogP contribution is -2.30. The van der Waals surface area contributed by atoms with E-state index in [1.807, 2.05) is 30.3 Å². The highest BCUT2D eigenvalue weighted by Gasteiger charge is 2.11. The van der Waals surface area contributed by atoms with E-state index in [2.05, 4.69) is 26.2 Å². The third kappa shape index (κ3) is 5.57. The van der Waals surface area contributed by atoms with E-state index in [1.54, 1.807) is 24.0 Å². The highest BCUT2D eigenvalue weighted by molar-refractivity contribution is 9.10. The van der Waals surface area contributed by atoms with Gasteiger partial charge < -0.3 is 15.0 Å². The van der Waals surface area contributed by atoms with Gasteiger partial charge in [-0.15, -0.1) is 11.8 Å². The van der Waals surface area contributed by atoms with Crippen molar-refractivity contribution in [2.24, 2.45) is 0 Å². The van der Waals surface area contributed by atoms with Crippen molar-refractivity contribution in [3.63, 3.8) is 0 Å². The minimum atomic E-state index is -0.556. The van der Waals surface area contributed by atoms with Crippen molar-refractivity contribution >= 4 is 39.6 Å². The van der Waals surface area contributed by atoms with Crippen molar-refractivity contribution in [3.8, 4) is 0 Å². The Morgan fingerprint density at radius 2 is 2.05 bits per heavy atom. The number of rotatable bonds is 7. The maximum Gasteiger partial charge on any atom is 0.355 e. The molecule has 0 bridgehead atoms. The van der Waals surface area contributed by atoms with Crippen LogP contribution < -0.4 is 5.32 Å². The Balaban J connectivity index is 1.61. The first kappa shape index (κ1) is 16.6. The van der Waals surface area contributed by atoms with Crippen LogP contribution in [-0.2, 0) is 9.53 Å². The molecule has 0 saturated heterocycles. The molecule has 0 spiro atoms. The van der Waals surface area contributed by atoms with E-state index in [0.717, 1.165) is 15.1 Å². The molecule has 5 nitrogen and oxygen atoms in total. The van der Waals surface area contributed by atoms with Crippen LogP contribution in [0.4, 0.5) is 0 Å². The van der Waals surface area contributed by atoms with Crippen molar-refractivity contribution in [3.05, 3.63) is 52.8 Å². The average molecular weight is 383 g/mol. The smallest absolute Gasteiger partial charge is 0.355 e. The first-order valence-corrected chi connectivity index (χ1v) is 8.38. The predicted octanol–water partition coefficient (Wildman–Crippen LogP) is 2.84. The molecule has 116 valence electrons. The Labute approximate surface area is 140 Å². The quantitative estimate of drug-likeness (QED) is 0.438. The molecule has 0 saturated carbocycles. The molecule has 1 heterocycles. The van der Waals surface area contributed by atoms with E-state index in [1.165, 1.54) is 0 Å². The monoisotopic (exact) mass is 382 g/mol. The van der Waals surface area contributed by atoms with E-state index in [-0.39, 0.29) is 12.5 Å². The summed E-state index contributed by atoms with van der Waals surface area (Å²) in [6.45, 7) is 0.232. The number of carbonyl (C=O) groups is 2. The fourth-order valence-electron chi connectivity index (χ4n) is 1.62. The van der Waals surface area contributed by atoms with E-state index >= 15 is 0 Å². The minimum Gasteiger partial charge on any atom is -0.451 e. The summed E-state index contributed by atoms with van der Waals surface area (Å²) in [4.78, 5) is 27.1. The van der Waals surface area contributed by atoms with E-state index < -0.39 is 5.97 Å². The summed E-state index contributed by atoms with van der Waals surface area (Å²) in [6.07, 6.45) is 1.62. The number of aromatic nitrogens is 1. The number of thioether (sulfide) groups is 1. The molecule has 0 radical (unpaired) electrons. The molecule has 2 rings (SSSR count). The highest BCUT2D eigenvalue weighted by atomic mass is 79.9. The average Bonchev–Trinajstić information content (AvgIpc) is 2.97. The first-order chi connectivity index (χ1) is 10.6. The van der Waals surface area contributed by atoms with Crippen LogP contribution in [0.1, 0.15) is 10.5 Å². The fraction of sp³-hybridized carbons (Fsp3) is 0.200. The van der Waals surface area contributed by atoms with Crippen molar-refractivity contribution in [1.82, 2.24) is 10.3 Å². The molecule has 2 N–H and O–H groups in total. The number of carbonyl (C=O) groups excluding carboxylic acids is 2. The van der Waals surface area contributed by atoms with Gasteiger partial charge in [-0.1, -0.05) is 18.2 Å². The normalized spacial score (nSPS) is 10.2. The summed E-state index contributed by atoms with van der Waals surface area (Å²) in [7, 11) is 0. The number of amides is 1. The molecule has 2 aromatic rings. The summed E-state index contributed by atoms with van der Waals surface area (Å²) >= 11 is 4.87. The van der Waals surface area contributed by atoms with Crippen LogP contribution in [0.15, 0.2) is 52.0 Å². The first-order valence-electron chi connectivity index (χ1n) is 6.61. The SMILES string of the molecule is O=C(COC(=O)c1cc(Br)c[nH]1)NCCSc1ccccc1. The number of hydrogen-bond acceptors (Lipinski definition) is 4. The van der Waals surface area contributed by atoms with Crippen LogP contribution in [0, 0.1) is 0 Å². The van der Waals surface area contributed by atoms with Gasteiger partial charge in [0.25, 0.3) is 5.91 Å². The van der Waals surface area contributed by atoms with Crippen LogP contribution in [-0.4, -0.2) is 35.8 Å². The molecule has 22 heavy (non-hydrogen) atoms. The summed E-state index contributed by atoms with van der Waals surface area (Å²) in [5.41, 5.74) is 0.305. The zero-order valence-electron chi connectivity index (χ0n) is 11.7. The Morgan fingerprint density at radius 1 is 1.27 bits per heavy atom. The topological polar surface area (TPSA) is 71.2 Å². The second-order valence-electron chi connectivity index (χ2n) is 4.32. The predicted molar refractivity (Wildman–Crippen MR) is 89.0 cm³/mol. The molecular formula is C15H15BrN2O3S. The molecule has 7 heteroatoms. The maximum atomic E-state index is 11.6. The van der Waals surface area contributed by atoms with Crippen molar-refractivity contribution in [2.45, 2.75) is 4.90 Å². The molecule has 0 aliphatic heterocycles. The number of aromatic amines is 1. The van der Waals surface area contributed by atoms with Gasteiger partial charge >= 0.3 is 5.97 Å². The molecule has 0 atom stereocenters. The minimum absolute atomic E-state index is 0.286. The maximum absolute atomic E-state index is 11.6. The molecule has 0 aliphatic carbocycles. The number of esters is 1. The van der Waals surface area contributed by atoms with Gasteiger partial charge in [0.1, 0.15) is 5.69 Å². The van der Waals surface area contributed by atoms with Crippen molar-refractivity contribution in [1.29, 1.82) is 0 Å². The molecule has 1 amide bonds. The van der Waals surface area contributed by atoms with Gasteiger partial charge in [0.15, 0.2) is 6.61 Å². The lowest BCUT2D eigenvalue weighted by atomic mass is 10.4. The fourth-order valence-corrected chi connectivity index (χ4v) is 2.75. The second kappa shape index (κ2) is 8.65. The van der Waals surface area contributed by atoms with Crippen LogP contribution in [0.2, 0.25) is 0 Å². The van der Waals surface area contributed by atoms with E-state index in [4.69, 9.17) is 4.74 Å². The van der Waals surface area contributed by atoms with Crippen LogP contribution in [0.5, 0.6) is 0 Å². The van der Waals surface area contributed by atoms with Crippen LogP contribution in [0.25, 0.3) is 0 Å². The van der Waals surface area contributed by atoms with Gasteiger partial charge in [0.2, 0.25) is 0 Å². The standard InChI is InChI=1S/C15H15BrN2O3S/c16-11-8-13(18-9-11)15(20)21-10-14(19)17-6-7-22-12-4-2-1-3-5-12/h1-5,8-9,18H,6-7,10H2,(H,17,19). The third-order valence-electron chi connectivity index (χ3n) is 2.64. The molecule has 0 fully saturated rings. The van der Waals surface area contributed by atoms with E-state index in [9.17, 15) is 9.59 Å². The van der Waals surface area contributed by atoms with Gasteiger partial charge in [-0.3, -0.25) is 4.79 Å². The summed E-state index contributed by atoms with van der Waals surface area (Å²) < 4.78 is 5.66. The van der Waals surface area contributed by atoms with Gasteiger partial charge in [-0.2, -0.15) is 0 Å². The molecule has 1 aromatic heterocycles. The van der Waals surface area contributed by atoms with Crippen LogP contribution in [0.3, 0.4) is 0 Å². The number of H-pyrrole nitrogens is 1. The Bertz CT molecular complexity index is 631. The zero-order chi connectivity index (χ0) is 15.8. The molecule has 0 aliphatic rings. The second-order valence-corrected chi connectivity index (χ2v) is 6.40. The zero-order valence-corrected chi connectivity index (χ0v) is 14.1. The van der Waals surface area contributed by atoms with Gasteiger partial charge in [-0.25, -0.2) is 4.79 Å².